The fourth-order valence-electron chi connectivity index (χ4n) is 4.15. The molecule has 30 heavy (non-hydrogen) atoms. The van der Waals surface area contributed by atoms with Crippen LogP contribution >= 0.6 is 12.2 Å². The lowest BCUT2D eigenvalue weighted by Gasteiger charge is -2.24. The standard InChI is InChI=1S/C22H21F3N4S/c1-13-11-17(14(2)29(13)16-8-6-7-15(12-16)22(23,24)25)20-19(27-21(30)28(20)3)18-9-4-5-10-26-18/h4-12,19-20H,1-3H3,(H,27,30)/t19-,20-/m1/s1. The summed E-state index contributed by atoms with van der Waals surface area (Å²) in [6, 6.07) is 12.9. The van der Waals surface area contributed by atoms with Crippen LogP contribution in [-0.2, 0) is 6.18 Å². The highest BCUT2D eigenvalue weighted by Crippen LogP contribution is 2.40. The van der Waals surface area contributed by atoms with Crippen molar-refractivity contribution < 1.29 is 13.2 Å². The Labute approximate surface area is 178 Å². The Morgan fingerprint density at radius 3 is 2.50 bits per heavy atom. The molecule has 1 aliphatic rings. The van der Waals surface area contributed by atoms with Crippen LogP contribution in [0.4, 0.5) is 13.2 Å². The molecular weight excluding hydrogens is 409 g/mol. The van der Waals surface area contributed by atoms with Crippen molar-refractivity contribution in [2.45, 2.75) is 32.1 Å². The molecule has 0 spiro atoms. The van der Waals surface area contributed by atoms with Crippen LogP contribution < -0.4 is 5.32 Å². The normalized spacial score (nSPS) is 19.3. The zero-order valence-electron chi connectivity index (χ0n) is 16.7. The number of nitrogens with one attached hydrogen (secondary N) is 1. The van der Waals surface area contributed by atoms with E-state index in [4.69, 9.17) is 12.2 Å². The Balaban J connectivity index is 1.81. The van der Waals surface area contributed by atoms with Crippen LogP contribution in [0.3, 0.4) is 0 Å². The van der Waals surface area contributed by atoms with Crippen molar-refractivity contribution in [3.05, 3.63) is 82.9 Å². The van der Waals surface area contributed by atoms with Crippen LogP contribution in [0.1, 0.15) is 40.3 Å². The van der Waals surface area contributed by atoms with Crippen molar-refractivity contribution in [2.75, 3.05) is 7.05 Å². The minimum absolute atomic E-state index is 0.127. The van der Waals surface area contributed by atoms with Gasteiger partial charge in [-0.2, -0.15) is 13.2 Å². The fourth-order valence-corrected chi connectivity index (χ4v) is 4.39. The molecule has 4 rings (SSSR count). The lowest BCUT2D eigenvalue weighted by molar-refractivity contribution is -0.137. The Hall–Kier alpha value is -2.87. The van der Waals surface area contributed by atoms with E-state index in [0.29, 0.717) is 10.8 Å². The third-order valence-corrected chi connectivity index (χ3v) is 5.97. The number of hydrogen-bond donors (Lipinski definition) is 1. The molecule has 1 N–H and O–H groups in total. The van der Waals surface area contributed by atoms with Gasteiger partial charge in [-0.25, -0.2) is 0 Å². The van der Waals surface area contributed by atoms with E-state index in [0.717, 1.165) is 28.7 Å². The average molecular weight is 430 g/mol. The number of pyridine rings is 1. The summed E-state index contributed by atoms with van der Waals surface area (Å²) in [5.74, 6) is 0. The second kappa shape index (κ2) is 7.43. The molecule has 0 amide bonds. The van der Waals surface area contributed by atoms with E-state index in [2.05, 4.69) is 10.3 Å². The van der Waals surface area contributed by atoms with Gasteiger partial charge in [0, 0.05) is 30.3 Å². The first kappa shape index (κ1) is 20.4. The van der Waals surface area contributed by atoms with E-state index in [1.54, 1.807) is 12.3 Å². The largest absolute Gasteiger partial charge is 0.416 e. The number of nitrogens with zero attached hydrogens (tertiary/aromatic N) is 3. The molecule has 0 unspecified atom stereocenters. The predicted octanol–water partition coefficient (Wildman–Crippen LogP) is 5.11. The number of hydrogen-bond acceptors (Lipinski definition) is 2. The molecule has 0 radical (unpaired) electrons. The quantitative estimate of drug-likeness (QED) is 0.586. The first-order valence-electron chi connectivity index (χ1n) is 9.49. The monoisotopic (exact) mass is 430 g/mol. The topological polar surface area (TPSA) is 33.1 Å². The van der Waals surface area contributed by atoms with Gasteiger partial charge in [-0.3, -0.25) is 4.98 Å². The summed E-state index contributed by atoms with van der Waals surface area (Å²) in [5, 5.41) is 3.94. The lowest BCUT2D eigenvalue weighted by Crippen LogP contribution is -2.25. The maximum Gasteiger partial charge on any atom is 0.416 e. The first-order valence-corrected chi connectivity index (χ1v) is 9.90. The van der Waals surface area contributed by atoms with Gasteiger partial charge in [0.05, 0.1) is 23.3 Å². The lowest BCUT2D eigenvalue weighted by atomic mass is 9.97. The summed E-state index contributed by atoms with van der Waals surface area (Å²) in [4.78, 5) is 6.46. The smallest absolute Gasteiger partial charge is 0.352 e. The first-order chi connectivity index (χ1) is 14.2. The van der Waals surface area contributed by atoms with E-state index in [1.807, 2.05) is 54.6 Å². The van der Waals surface area contributed by atoms with Gasteiger partial charge in [0.15, 0.2) is 5.11 Å². The molecular formula is C22H21F3N4S. The van der Waals surface area contributed by atoms with Crippen molar-refractivity contribution in [1.29, 1.82) is 0 Å². The molecule has 0 bridgehead atoms. The SMILES string of the molecule is Cc1cc([C@@H]2[C@@H](c3ccccn3)NC(=S)N2C)c(C)n1-c1cccc(C(F)(F)F)c1. The second-order valence-electron chi connectivity index (χ2n) is 7.45. The molecule has 3 heterocycles. The van der Waals surface area contributed by atoms with Crippen molar-refractivity contribution in [3.8, 4) is 5.69 Å². The number of aromatic nitrogens is 2. The van der Waals surface area contributed by atoms with Crippen LogP contribution in [0.15, 0.2) is 54.7 Å². The summed E-state index contributed by atoms with van der Waals surface area (Å²) < 4.78 is 41.5. The molecule has 0 saturated carbocycles. The zero-order valence-corrected chi connectivity index (χ0v) is 17.6. The molecule has 2 atom stereocenters. The molecule has 1 aromatic carbocycles. The van der Waals surface area contributed by atoms with Gasteiger partial charge in [0.2, 0.25) is 0 Å². The fraction of sp³-hybridized carbons (Fsp3) is 0.273. The number of aryl methyl sites for hydroxylation is 1. The Morgan fingerprint density at radius 2 is 1.83 bits per heavy atom. The van der Waals surface area contributed by atoms with Crippen molar-refractivity contribution in [1.82, 2.24) is 19.8 Å². The number of alkyl halides is 3. The molecule has 4 nitrogen and oxygen atoms in total. The average Bonchev–Trinajstić information content (AvgIpc) is 3.17. The molecule has 0 aliphatic carbocycles. The predicted molar refractivity (Wildman–Crippen MR) is 113 cm³/mol. The summed E-state index contributed by atoms with van der Waals surface area (Å²) in [5.41, 5.74) is 3.40. The molecule has 1 fully saturated rings. The third kappa shape index (κ3) is 3.45. The number of halogens is 3. The number of benzene rings is 1. The van der Waals surface area contributed by atoms with E-state index in [9.17, 15) is 13.2 Å². The van der Waals surface area contributed by atoms with Crippen LogP contribution in [0.2, 0.25) is 0 Å². The second-order valence-corrected chi connectivity index (χ2v) is 7.83. The number of likely N-dealkylation sites (N-methyl/N-ethyl adjacent to an activating group) is 1. The maximum absolute atomic E-state index is 13.2. The van der Waals surface area contributed by atoms with Crippen LogP contribution in [-0.4, -0.2) is 26.6 Å². The minimum Gasteiger partial charge on any atom is -0.352 e. The van der Waals surface area contributed by atoms with E-state index in [1.165, 1.54) is 12.1 Å². The van der Waals surface area contributed by atoms with Gasteiger partial charge < -0.3 is 14.8 Å². The Kier molecular flexibility index (Phi) is 5.05. The van der Waals surface area contributed by atoms with E-state index < -0.39 is 11.7 Å². The Bertz CT molecular complexity index is 1090. The third-order valence-electron chi connectivity index (χ3n) is 5.56. The van der Waals surface area contributed by atoms with Gasteiger partial charge in [0.25, 0.3) is 0 Å². The molecule has 2 aromatic heterocycles. The Morgan fingerprint density at radius 1 is 1.07 bits per heavy atom. The van der Waals surface area contributed by atoms with Crippen molar-refractivity contribution in [3.63, 3.8) is 0 Å². The van der Waals surface area contributed by atoms with Crippen molar-refractivity contribution >= 4 is 17.3 Å². The van der Waals surface area contributed by atoms with E-state index in [-0.39, 0.29) is 12.1 Å². The molecule has 1 aliphatic heterocycles. The van der Waals surface area contributed by atoms with Gasteiger partial charge in [-0.15, -0.1) is 0 Å². The molecule has 156 valence electrons. The van der Waals surface area contributed by atoms with Crippen molar-refractivity contribution in [2.24, 2.45) is 0 Å². The molecule has 3 aromatic rings. The minimum atomic E-state index is -4.39. The number of rotatable bonds is 3. The molecule has 1 saturated heterocycles. The van der Waals surface area contributed by atoms with E-state index >= 15 is 0 Å². The van der Waals surface area contributed by atoms with Gasteiger partial charge in [-0.1, -0.05) is 12.1 Å². The summed E-state index contributed by atoms with van der Waals surface area (Å²) >= 11 is 5.49. The van der Waals surface area contributed by atoms with Crippen LogP contribution in [0.5, 0.6) is 0 Å². The summed E-state index contributed by atoms with van der Waals surface area (Å²) in [6.07, 6.45) is -2.65. The van der Waals surface area contributed by atoms with Gasteiger partial charge >= 0.3 is 6.18 Å². The summed E-state index contributed by atoms with van der Waals surface area (Å²) in [6.45, 7) is 3.82. The van der Waals surface area contributed by atoms with Gasteiger partial charge in [-0.05, 0) is 68.0 Å². The van der Waals surface area contributed by atoms with Crippen LogP contribution in [0.25, 0.3) is 5.69 Å². The van der Waals surface area contributed by atoms with Gasteiger partial charge in [0.1, 0.15) is 0 Å². The highest BCUT2D eigenvalue weighted by atomic mass is 32.1. The summed E-state index contributed by atoms with van der Waals surface area (Å²) in [7, 11) is 1.92. The van der Waals surface area contributed by atoms with Crippen LogP contribution in [0, 0.1) is 13.8 Å². The highest BCUT2D eigenvalue weighted by molar-refractivity contribution is 7.80. The molecule has 8 heteroatoms. The zero-order chi connectivity index (χ0) is 21.6. The highest BCUT2D eigenvalue weighted by Gasteiger charge is 2.39. The maximum atomic E-state index is 13.2. The number of thiocarbonyl (C=S) groups is 1.